The van der Waals surface area contributed by atoms with Gasteiger partial charge in [0.2, 0.25) is 0 Å². The highest BCUT2D eigenvalue weighted by atomic mass is 16.3. The van der Waals surface area contributed by atoms with Gasteiger partial charge in [0.05, 0.1) is 6.10 Å². The molecule has 0 amide bonds. The Morgan fingerprint density at radius 1 is 1.10 bits per heavy atom. The summed E-state index contributed by atoms with van der Waals surface area (Å²) in [5.74, 6) is 1.87. The van der Waals surface area contributed by atoms with Crippen LogP contribution in [0.15, 0.2) is 42.0 Å². The molecule has 0 aliphatic heterocycles. The van der Waals surface area contributed by atoms with Crippen molar-refractivity contribution in [3.8, 4) is 0 Å². The fraction of sp³-hybridized carbons (Fsp3) is 0.579. The van der Waals surface area contributed by atoms with E-state index >= 15 is 0 Å². The molecule has 2 saturated carbocycles. The monoisotopic (exact) mass is 270 g/mol. The normalized spacial score (nSPS) is 27.4. The van der Waals surface area contributed by atoms with Gasteiger partial charge in [-0.25, -0.2) is 0 Å². The van der Waals surface area contributed by atoms with Crippen LogP contribution in [-0.2, 0) is 0 Å². The highest BCUT2D eigenvalue weighted by Crippen LogP contribution is 2.48. The molecule has 0 aromatic heterocycles. The topological polar surface area (TPSA) is 20.2 Å². The lowest BCUT2D eigenvalue weighted by atomic mass is 9.80. The maximum Gasteiger partial charge on any atom is 0.0875 e. The summed E-state index contributed by atoms with van der Waals surface area (Å²) in [7, 11) is 0. The molecule has 3 atom stereocenters. The molecule has 0 saturated heterocycles. The molecule has 20 heavy (non-hydrogen) atoms. The second kappa shape index (κ2) is 5.37. The van der Waals surface area contributed by atoms with Crippen LogP contribution in [0, 0.1) is 17.3 Å². The van der Waals surface area contributed by atoms with E-state index in [1.165, 1.54) is 32.1 Å². The van der Waals surface area contributed by atoms with Gasteiger partial charge in [-0.05, 0) is 43.1 Å². The van der Waals surface area contributed by atoms with Crippen molar-refractivity contribution < 1.29 is 5.11 Å². The lowest BCUT2D eigenvalue weighted by Crippen LogP contribution is -2.20. The molecule has 2 fully saturated rings. The van der Waals surface area contributed by atoms with Crippen molar-refractivity contribution in [2.24, 2.45) is 17.3 Å². The van der Waals surface area contributed by atoms with Crippen molar-refractivity contribution in [2.45, 2.75) is 52.1 Å². The van der Waals surface area contributed by atoms with Gasteiger partial charge in [-0.15, -0.1) is 0 Å². The third kappa shape index (κ3) is 2.69. The number of rotatable bonds is 3. The zero-order valence-corrected chi connectivity index (χ0v) is 12.7. The number of aliphatic hydroxyl groups is 1. The van der Waals surface area contributed by atoms with Crippen molar-refractivity contribution >= 4 is 0 Å². The Balaban J connectivity index is 1.75. The third-order valence-corrected chi connectivity index (χ3v) is 5.26. The quantitative estimate of drug-likeness (QED) is 0.776. The molecule has 3 rings (SSSR count). The summed E-state index contributed by atoms with van der Waals surface area (Å²) in [5, 5.41) is 10.7. The maximum absolute atomic E-state index is 10.7. The molecule has 1 N–H and O–H groups in total. The minimum atomic E-state index is -0.420. The van der Waals surface area contributed by atoms with Crippen LogP contribution in [0.25, 0.3) is 0 Å². The summed E-state index contributed by atoms with van der Waals surface area (Å²) in [4.78, 5) is 0. The number of fused-ring (bicyclic) bond motifs is 1. The van der Waals surface area contributed by atoms with E-state index in [2.05, 4.69) is 19.9 Å². The molecule has 1 aromatic carbocycles. The molecule has 1 aromatic rings. The van der Waals surface area contributed by atoms with Crippen LogP contribution >= 0.6 is 0 Å². The van der Waals surface area contributed by atoms with Gasteiger partial charge in [-0.1, -0.05) is 62.2 Å². The van der Waals surface area contributed by atoms with E-state index in [4.69, 9.17) is 0 Å². The summed E-state index contributed by atoms with van der Waals surface area (Å²) in [6.45, 7) is 4.32. The first kappa shape index (κ1) is 13.9. The molecule has 0 radical (unpaired) electrons. The van der Waals surface area contributed by atoms with Crippen LogP contribution in [0.1, 0.15) is 57.6 Å². The highest BCUT2D eigenvalue weighted by Gasteiger charge is 2.36. The molecular formula is C19H26O. The second-order valence-corrected chi connectivity index (χ2v) is 7.30. The van der Waals surface area contributed by atoms with Crippen LogP contribution in [0.2, 0.25) is 0 Å². The summed E-state index contributed by atoms with van der Waals surface area (Å²) >= 11 is 0. The largest absolute Gasteiger partial charge is 0.388 e. The van der Waals surface area contributed by atoms with Crippen LogP contribution in [0.4, 0.5) is 0 Å². The molecule has 1 nitrogen and oxygen atoms in total. The molecule has 2 aliphatic carbocycles. The van der Waals surface area contributed by atoms with Gasteiger partial charge in [-0.3, -0.25) is 0 Å². The van der Waals surface area contributed by atoms with E-state index in [0.29, 0.717) is 0 Å². The maximum atomic E-state index is 10.7. The molecule has 2 aliphatic rings. The molecule has 0 bridgehead atoms. The number of allylic oxidation sites excluding steroid dienone is 1. The van der Waals surface area contributed by atoms with E-state index in [1.807, 2.05) is 30.3 Å². The molecule has 1 unspecified atom stereocenters. The first-order valence-electron chi connectivity index (χ1n) is 8.00. The Morgan fingerprint density at radius 3 is 2.30 bits per heavy atom. The van der Waals surface area contributed by atoms with Crippen LogP contribution in [-0.4, -0.2) is 5.11 Å². The number of hydrogen-bond acceptors (Lipinski definition) is 1. The average Bonchev–Trinajstić information content (AvgIpc) is 2.99. The number of hydrogen-bond donors (Lipinski definition) is 1. The van der Waals surface area contributed by atoms with Gasteiger partial charge in [0, 0.05) is 5.41 Å². The van der Waals surface area contributed by atoms with Gasteiger partial charge >= 0.3 is 0 Å². The van der Waals surface area contributed by atoms with E-state index in [9.17, 15) is 5.11 Å². The van der Waals surface area contributed by atoms with Crippen molar-refractivity contribution in [1.82, 2.24) is 0 Å². The van der Waals surface area contributed by atoms with Crippen molar-refractivity contribution in [3.63, 3.8) is 0 Å². The zero-order chi connectivity index (χ0) is 14.2. The van der Waals surface area contributed by atoms with E-state index in [-0.39, 0.29) is 5.41 Å². The first-order valence-corrected chi connectivity index (χ1v) is 8.00. The molecule has 0 heterocycles. The summed E-state index contributed by atoms with van der Waals surface area (Å²) in [6.07, 6.45) is 8.76. The standard InChI is InChI=1S/C19H26O/c1-19(2,18(20)15-7-4-3-5-8-15)13-14-11-16-9-6-10-17(16)12-14/h3-5,7-8,13,16-18,20H,6,9-12H2,1-2H3/t16-,17-,18?/m1/s1. The minimum Gasteiger partial charge on any atom is -0.388 e. The Kier molecular flexibility index (Phi) is 3.72. The number of aliphatic hydroxyl groups excluding tert-OH is 1. The van der Waals surface area contributed by atoms with E-state index < -0.39 is 6.10 Å². The molecule has 1 heteroatoms. The average molecular weight is 270 g/mol. The Labute approximate surface area is 122 Å². The second-order valence-electron chi connectivity index (χ2n) is 7.30. The van der Waals surface area contributed by atoms with E-state index in [1.54, 1.807) is 5.57 Å². The zero-order valence-electron chi connectivity index (χ0n) is 12.7. The first-order chi connectivity index (χ1) is 9.56. The van der Waals surface area contributed by atoms with Crippen molar-refractivity contribution in [3.05, 3.63) is 47.5 Å². The number of benzene rings is 1. The van der Waals surface area contributed by atoms with Gasteiger partial charge in [0.1, 0.15) is 0 Å². The minimum absolute atomic E-state index is 0.185. The van der Waals surface area contributed by atoms with Gasteiger partial charge in [0.25, 0.3) is 0 Å². The Morgan fingerprint density at radius 2 is 1.70 bits per heavy atom. The third-order valence-electron chi connectivity index (χ3n) is 5.26. The Hall–Kier alpha value is -1.08. The van der Waals surface area contributed by atoms with Gasteiger partial charge in [0.15, 0.2) is 0 Å². The highest BCUT2D eigenvalue weighted by molar-refractivity contribution is 5.24. The fourth-order valence-electron chi connectivity index (χ4n) is 4.20. The van der Waals surface area contributed by atoms with Crippen molar-refractivity contribution in [2.75, 3.05) is 0 Å². The summed E-state index contributed by atoms with van der Waals surface area (Å²) in [6, 6.07) is 10.0. The lowest BCUT2D eigenvalue weighted by molar-refractivity contribution is 0.0813. The SMILES string of the molecule is CC(C)(C=C1C[C@H]2CCC[C@@H]2C1)C(O)c1ccccc1. The predicted molar refractivity (Wildman–Crippen MR) is 83.3 cm³/mol. The fourth-order valence-corrected chi connectivity index (χ4v) is 4.20. The van der Waals surface area contributed by atoms with E-state index in [0.717, 1.165) is 17.4 Å². The van der Waals surface area contributed by atoms with Crippen molar-refractivity contribution in [1.29, 1.82) is 0 Å². The van der Waals surface area contributed by atoms with Crippen LogP contribution < -0.4 is 0 Å². The predicted octanol–water partition coefficient (Wildman–Crippen LogP) is 4.88. The van der Waals surface area contributed by atoms with Gasteiger partial charge < -0.3 is 5.11 Å². The summed E-state index contributed by atoms with van der Waals surface area (Å²) in [5.41, 5.74) is 2.42. The Bertz CT molecular complexity index is 472. The van der Waals surface area contributed by atoms with Crippen LogP contribution in [0.3, 0.4) is 0 Å². The molecular weight excluding hydrogens is 244 g/mol. The lowest BCUT2D eigenvalue weighted by Gasteiger charge is -2.28. The van der Waals surface area contributed by atoms with Gasteiger partial charge in [-0.2, -0.15) is 0 Å². The molecule has 0 spiro atoms. The summed E-state index contributed by atoms with van der Waals surface area (Å²) < 4.78 is 0. The molecule has 108 valence electrons. The van der Waals surface area contributed by atoms with Crippen LogP contribution in [0.5, 0.6) is 0 Å². The smallest absolute Gasteiger partial charge is 0.0875 e.